The van der Waals surface area contributed by atoms with E-state index in [1.54, 1.807) is 13.3 Å². The van der Waals surface area contributed by atoms with Crippen molar-refractivity contribution in [1.29, 1.82) is 0 Å². The standard InChI is InChI=1S/C19H28N6O/c1-12(20)17(26)25-9-18(2)7-13(8-19(18,3)10-25)24(4)16-14-5-6-21-15(14)22-11-23-16/h5-6,11-13H,7-10,20H2,1-4H3,(H,21,22,23)/t12-,13?,18-,19+/m1/s1. The van der Waals surface area contributed by atoms with E-state index in [-0.39, 0.29) is 16.7 Å². The minimum atomic E-state index is -0.428. The lowest BCUT2D eigenvalue weighted by Crippen LogP contribution is -2.43. The lowest BCUT2D eigenvalue weighted by molar-refractivity contribution is -0.131. The largest absolute Gasteiger partial charge is 0.356 e. The van der Waals surface area contributed by atoms with E-state index in [2.05, 4.69) is 40.7 Å². The van der Waals surface area contributed by atoms with Crippen molar-refractivity contribution in [2.45, 2.75) is 45.7 Å². The summed E-state index contributed by atoms with van der Waals surface area (Å²) in [7, 11) is 2.12. The van der Waals surface area contributed by atoms with Crippen LogP contribution in [0.15, 0.2) is 18.6 Å². The number of nitrogens with two attached hydrogens (primary N) is 1. The van der Waals surface area contributed by atoms with Gasteiger partial charge in [-0.25, -0.2) is 9.97 Å². The summed E-state index contributed by atoms with van der Waals surface area (Å²) >= 11 is 0. The van der Waals surface area contributed by atoms with Crippen LogP contribution < -0.4 is 10.6 Å². The zero-order chi connectivity index (χ0) is 18.7. The van der Waals surface area contributed by atoms with Gasteiger partial charge in [0.25, 0.3) is 0 Å². The van der Waals surface area contributed by atoms with Gasteiger partial charge in [0.05, 0.1) is 11.4 Å². The molecule has 2 fully saturated rings. The van der Waals surface area contributed by atoms with Crippen molar-refractivity contribution in [3.05, 3.63) is 18.6 Å². The van der Waals surface area contributed by atoms with Gasteiger partial charge in [0, 0.05) is 32.4 Å². The molecule has 2 aromatic heterocycles. The number of fused-ring (bicyclic) bond motifs is 2. The predicted octanol–water partition coefficient (Wildman–Crippen LogP) is 1.76. The molecule has 0 bridgehead atoms. The monoisotopic (exact) mass is 356 g/mol. The molecular formula is C19H28N6O. The first kappa shape index (κ1) is 17.3. The highest BCUT2D eigenvalue weighted by Crippen LogP contribution is 2.58. The third-order valence-electron chi connectivity index (χ3n) is 6.83. The van der Waals surface area contributed by atoms with E-state index in [0.717, 1.165) is 42.8 Å². The van der Waals surface area contributed by atoms with Gasteiger partial charge >= 0.3 is 0 Å². The lowest BCUT2D eigenvalue weighted by Gasteiger charge is -2.31. The number of H-pyrrole nitrogens is 1. The highest BCUT2D eigenvalue weighted by Gasteiger charge is 2.59. The fraction of sp³-hybridized carbons (Fsp3) is 0.632. The Morgan fingerprint density at radius 2 is 2.00 bits per heavy atom. The number of nitrogens with one attached hydrogen (secondary N) is 1. The smallest absolute Gasteiger partial charge is 0.239 e. The molecule has 1 saturated carbocycles. The summed E-state index contributed by atoms with van der Waals surface area (Å²) in [5.41, 5.74) is 6.89. The molecule has 3 heterocycles. The second-order valence-corrected chi connectivity index (χ2v) is 8.71. The Balaban J connectivity index is 1.58. The maximum atomic E-state index is 12.4. The van der Waals surface area contributed by atoms with E-state index in [4.69, 9.17) is 5.73 Å². The van der Waals surface area contributed by atoms with Crippen molar-refractivity contribution in [1.82, 2.24) is 19.9 Å². The zero-order valence-corrected chi connectivity index (χ0v) is 16.0. The number of carbonyl (C=O) groups excluding carboxylic acids is 1. The molecule has 0 radical (unpaired) electrons. The van der Waals surface area contributed by atoms with E-state index in [1.165, 1.54) is 0 Å². The summed E-state index contributed by atoms with van der Waals surface area (Å²) in [6.07, 6.45) is 5.60. The van der Waals surface area contributed by atoms with Gasteiger partial charge in [-0.3, -0.25) is 4.79 Å². The van der Waals surface area contributed by atoms with Gasteiger partial charge in [0.1, 0.15) is 17.8 Å². The highest BCUT2D eigenvalue weighted by atomic mass is 16.2. The van der Waals surface area contributed by atoms with Crippen molar-refractivity contribution < 1.29 is 4.79 Å². The van der Waals surface area contributed by atoms with E-state index < -0.39 is 6.04 Å². The van der Waals surface area contributed by atoms with Crippen LogP contribution in [0.3, 0.4) is 0 Å². The number of aromatic amines is 1. The van der Waals surface area contributed by atoms with Crippen LogP contribution in [0.2, 0.25) is 0 Å². The number of hydrogen-bond donors (Lipinski definition) is 2. The second kappa shape index (κ2) is 5.67. The van der Waals surface area contributed by atoms with Gasteiger partial charge in [0.15, 0.2) is 0 Å². The number of amides is 1. The minimum absolute atomic E-state index is 0.0663. The summed E-state index contributed by atoms with van der Waals surface area (Å²) in [4.78, 5) is 28.6. The summed E-state index contributed by atoms with van der Waals surface area (Å²) in [5.74, 6) is 1.04. The van der Waals surface area contributed by atoms with E-state index in [9.17, 15) is 4.79 Å². The maximum Gasteiger partial charge on any atom is 0.239 e. The molecule has 1 aliphatic heterocycles. The zero-order valence-electron chi connectivity index (χ0n) is 16.0. The van der Waals surface area contributed by atoms with Gasteiger partial charge in [-0.05, 0) is 36.7 Å². The number of carbonyl (C=O) groups is 1. The summed E-state index contributed by atoms with van der Waals surface area (Å²) in [5, 5.41) is 1.05. The normalized spacial score (nSPS) is 32.0. The van der Waals surface area contributed by atoms with Crippen molar-refractivity contribution in [2.75, 3.05) is 25.0 Å². The number of hydrogen-bond acceptors (Lipinski definition) is 5. The van der Waals surface area contributed by atoms with Gasteiger partial charge < -0.3 is 20.5 Å². The molecule has 4 rings (SSSR count). The van der Waals surface area contributed by atoms with E-state index in [1.807, 2.05) is 17.2 Å². The summed E-state index contributed by atoms with van der Waals surface area (Å²) in [6, 6.07) is 2.00. The van der Waals surface area contributed by atoms with E-state index in [0.29, 0.717) is 6.04 Å². The maximum absolute atomic E-state index is 12.4. The van der Waals surface area contributed by atoms with Crippen LogP contribution in [0.1, 0.15) is 33.6 Å². The molecule has 140 valence electrons. The van der Waals surface area contributed by atoms with Crippen LogP contribution in [0.4, 0.5) is 5.82 Å². The van der Waals surface area contributed by atoms with Crippen LogP contribution in [0.5, 0.6) is 0 Å². The minimum Gasteiger partial charge on any atom is -0.356 e. The predicted molar refractivity (Wildman–Crippen MR) is 102 cm³/mol. The van der Waals surface area contributed by atoms with Gasteiger partial charge in [-0.1, -0.05) is 13.8 Å². The first-order valence-electron chi connectivity index (χ1n) is 9.29. The van der Waals surface area contributed by atoms with Gasteiger partial charge in [-0.15, -0.1) is 0 Å². The molecule has 1 amide bonds. The number of anilines is 1. The molecule has 3 N–H and O–H groups in total. The number of aromatic nitrogens is 3. The third-order valence-corrected chi connectivity index (χ3v) is 6.83. The van der Waals surface area contributed by atoms with Gasteiger partial charge in [-0.2, -0.15) is 0 Å². The molecule has 7 nitrogen and oxygen atoms in total. The Morgan fingerprint density at radius 3 is 2.62 bits per heavy atom. The number of rotatable bonds is 3. The Bertz CT molecular complexity index is 827. The van der Waals surface area contributed by atoms with Crippen LogP contribution in [-0.2, 0) is 4.79 Å². The van der Waals surface area contributed by atoms with E-state index >= 15 is 0 Å². The summed E-state index contributed by atoms with van der Waals surface area (Å²) < 4.78 is 0. The molecule has 2 aliphatic rings. The SMILES string of the molecule is C[C@@H](N)C(=O)N1C[C@]2(C)CC(N(C)c3ncnc4[nH]ccc34)C[C@]2(C)C1. The van der Waals surface area contributed by atoms with Crippen LogP contribution in [0.25, 0.3) is 11.0 Å². The van der Waals surface area contributed by atoms with Crippen LogP contribution >= 0.6 is 0 Å². The molecule has 1 unspecified atom stereocenters. The molecule has 0 aromatic carbocycles. The third kappa shape index (κ3) is 2.40. The Labute approximate surface area is 154 Å². The molecule has 1 aliphatic carbocycles. The highest BCUT2D eigenvalue weighted by molar-refractivity contribution is 5.87. The molecule has 4 atom stereocenters. The number of likely N-dealkylation sites (tertiary alicyclic amines) is 1. The Hall–Kier alpha value is -2.15. The average Bonchev–Trinajstić information content (AvgIpc) is 3.22. The summed E-state index contributed by atoms with van der Waals surface area (Å²) in [6.45, 7) is 7.99. The topological polar surface area (TPSA) is 91.1 Å². The van der Waals surface area contributed by atoms with Crippen molar-refractivity contribution in [2.24, 2.45) is 16.6 Å². The molecule has 2 aromatic rings. The average molecular weight is 356 g/mol. The Morgan fingerprint density at radius 1 is 1.35 bits per heavy atom. The fourth-order valence-corrected chi connectivity index (χ4v) is 5.04. The molecule has 7 heteroatoms. The van der Waals surface area contributed by atoms with Crippen LogP contribution in [-0.4, -0.2) is 58.0 Å². The fourth-order valence-electron chi connectivity index (χ4n) is 5.04. The molecule has 1 saturated heterocycles. The Kier molecular flexibility index (Phi) is 3.77. The van der Waals surface area contributed by atoms with Crippen LogP contribution in [0, 0.1) is 10.8 Å². The van der Waals surface area contributed by atoms with Crippen molar-refractivity contribution in [3.8, 4) is 0 Å². The second-order valence-electron chi connectivity index (χ2n) is 8.71. The lowest BCUT2D eigenvalue weighted by atomic mass is 9.71. The number of nitrogens with zero attached hydrogens (tertiary/aromatic N) is 4. The van der Waals surface area contributed by atoms with Crippen molar-refractivity contribution >= 4 is 22.8 Å². The molecular weight excluding hydrogens is 328 g/mol. The first-order chi connectivity index (χ1) is 12.2. The molecule has 26 heavy (non-hydrogen) atoms. The van der Waals surface area contributed by atoms with Crippen molar-refractivity contribution in [3.63, 3.8) is 0 Å². The quantitative estimate of drug-likeness (QED) is 0.874. The van der Waals surface area contributed by atoms with Gasteiger partial charge in [0.2, 0.25) is 5.91 Å². The first-order valence-corrected chi connectivity index (χ1v) is 9.29. The molecule has 0 spiro atoms.